The lowest BCUT2D eigenvalue weighted by Crippen LogP contribution is -2.37. The lowest BCUT2D eigenvalue weighted by Gasteiger charge is -2.38. The van der Waals surface area contributed by atoms with Gasteiger partial charge in [0.15, 0.2) is 0 Å². The molecule has 2 rings (SSSR count). The lowest BCUT2D eigenvalue weighted by molar-refractivity contribution is 0.176. The molecule has 0 bridgehead atoms. The van der Waals surface area contributed by atoms with Crippen molar-refractivity contribution in [3.63, 3.8) is 0 Å². The molecule has 1 aromatic rings. The van der Waals surface area contributed by atoms with Crippen LogP contribution in [0.3, 0.4) is 0 Å². The second-order valence-electron chi connectivity index (χ2n) is 4.22. The van der Waals surface area contributed by atoms with Crippen LogP contribution in [0.15, 0.2) is 30.3 Å². The number of nitrogens with one attached hydrogen (secondary N) is 1. The van der Waals surface area contributed by atoms with Crippen LogP contribution in [0.4, 0.5) is 0 Å². The zero-order chi connectivity index (χ0) is 17.3. The Labute approximate surface area is 125 Å². The van der Waals surface area contributed by atoms with E-state index in [1.165, 1.54) is 0 Å². The van der Waals surface area contributed by atoms with Gasteiger partial charge < -0.3 is 4.52 Å². The predicted molar refractivity (Wildman–Crippen MR) is 78.5 cm³/mol. The molecule has 1 aliphatic heterocycles. The van der Waals surface area contributed by atoms with E-state index >= 15 is 0 Å². The minimum Gasteiger partial charge on any atom is -0.306 e. The molecule has 0 saturated carbocycles. The third-order valence-corrected chi connectivity index (χ3v) is 5.33. The monoisotopic (exact) mass is 306 g/mol. The highest BCUT2D eigenvalue weighted by molar-refractivity contribution is 7.54. The molecule has 19 heavy (non-hydrogen) atoms. The molecule has 2 atom stereocenters. The standard InChI is InChI=1S/C13H20ClN2O2P/c1-12(13-6-3-2-4-7-13)16-10-5-11-18-19(16,17)15-9-8-14/h2-4,6-7,12H,5,8-11H2,1H3,(H,15,17)/t12-,19-/m1/s1/i8D2,11D2. The van der Waals surface area contributed by atoms with E-state index in [0.717, 1.165) is 5.56 Å². The summed E-state index contributed by atoms with van der Waals surface area (Å²) in [5.41, 5.74) is 0.912. The van der Waals surface area contributed by atoms with Gasteiger partial charge >= 0.3 is 7.67 Å². The first-order valence-electron chi connectivity index (χ1n) is 8.09. The molecule has 1 heterocycles. The number of hydrogen-bond donors (Lipinski definition) is 1. The Kier molecular flexibility index (Phi) is 3.75. The first-order chi connectivity index (χ1) is 10.5. The van der Waals surface area contributed by atoms with Crippen molar-refractivity contribution < 1.29 is 14.6 Å². The Morgan fingerprint density at radius 1 is 1.63 bits per heavy atom. The van der Waals surface area contributed by atoms with Crippen LogP contribution in [0, 0.1) is 0 Å². The van der Waals surface area contributed by atoms with Crippen molar-refractivity contribution in [2.75, 3.05) is 25.5 Å². The van der Waals surface area contributed by atoms with Crippen LogP contribution in [-0.2, 0) is 9.09 Å². The molecule has 1 saturated heterocycles. The number of nitrogens with zero attached hydrogens (tertiary/aromatic N) is 1. The van der Waals surface area contributed by atoms with Crippen LogP contribution in [-0.4, -0.2) is 30.2 Å². The molecule has 0 spiro atoms. The highest BCUT2D eigenvalue weighted by Gasteiger charge is 2.37. The van der Waals surface area contributed by atoms with E-state index in [0.29, 0.717) is 0 Å². The van der Waals surface area contributed by atoms with Crippen molar-refractivity contribution in [3.05, 3.63) is 35.9 Å². The minimum atomic E-state index is -3.78. The van der Waals surface area contributed by atoms with E-state index in [1.54, 1.807) is 4.67 Å². The third kappa shape index (κ3) is 3.59. The zero-order valence-corrected chi connectivity index (χ0v) is 12.3. The maximum Gasteiger partial charge on any atom is 0.343 e. The number of hydrogen-bond acceptors (Lipinski definition) is 2. The van der Waals surface area contributed by atoms with Crippen molar-refractivity contribution in [2.45, 2.75) is 19.4 Å². The van der Waals surface area contributed by atoms with Gasteiger partial charge in [0.25, 0.3) is 0 Å². The third-order valence-electron chi connectivity index (χ3n) is 3.04. The molecule has 1 fully saturated rings. The van der Waals surface area contributed by atoms with Crippen LogP contribution in [0.1, 0.15) is 30.4 Å². The average molecular weight is 307 g/mol. The number of rotatable bonds is 5. The molecule has 0 unspecified atom stereocenters. The molecule has 1 aliphatic rings. The van der Waals surface area contributed by atoms with E-state index in [1.807, 2.05) is 37.3 Å². The van der Waals surface area contributed by atoms with Gasteiger partial charge in [0.2, 0.25) is 0 Å². The van der Waals surface area contributed by atoms with Gasteiger partial charge in [-0.05, 0) is 18.9 Å². The van der Waals surface area contributed by atoms with Crippen LogP contribution in [0.5, 0.6) is 0 Å². The van der Waals surface area contributed by atoms with Gasteiger partial charge in [-0.25, -0.2) is 9.76 Å². The molecular weight excluding hydrogens is 283 g/mol. The van der Waals surface area contributed by atoms with Gasteiger partial charge in [-0.3, -0.25) is 4.57 Å². The van der Waals surface area contributed by atoms with Gasteiger partial charge in [-0.15, -0.1) is 11.6 Å². The predicted octanol–water partition coefficient (Wildman–Crippen LogP) is 3.41. The summed E-state index contributed by atoms with van der Waals surface area (Å²) in [7, 11) is -3.78. The number of halogens is 1. The second kappa shape index (κ2) is 6.87. The highest BCUT2D eigenvalue weighted by Crippen LogP contribution is 2.53. The molecule has 0 aliphatic carbocycles. The Morgan fingerprint density at radius 3 is 3.05 bits per heavy atom. The van der Waals surface area contributed by atoms with E-state index in [4.69, 9.17) is 21.6 Å². The maximum atomic E-state index is 13.2. The molecule has 1 N–H and O–H groups in total. The summed E-state index contributed by atoms with van der Waals surface area (Å²) in [5, 5.41) is 2.51. The molecule has 1 aromatic carbocycles. The number of benzene rings is 1. The van der Waals surface area contributed by atoms with Crippen molar-refractivity contribution in [1.29, 1.82) is 0 Å². The van der Waals surface area contributed by atoms with Crippen LogP contribution in [0.2, 0.25) is 0 Å². The molecule has 6 heteroatoms. The van der Waals surface area contributed by atoms with Crippen molar-refractivity contribution in [1.82, 2.24) is 9.76 Å². The van der Waals surface area contributed by atoms with Crippen molar-refractivity contribution >= 4 is 19.3 Å². The van der Waals surface area contributed by atoms with Gasteiger partial charge in [0, 0.05) is 27.7 Å². The van der Waals surface area contributed by atoms with Gasteiger partial charge in [0.1, 0.15) is 0 Å². The lowest BCUT2D eigenvalue weighted by atomic mass is 10.1. The van der Waals surface area contributed by atoms with Gasteiger partial charge in [0.05, 0.1) is 9.30 Å². The molecule has 0 amide bonds. The number of alkyl halides is 1. The SMILES string of the molecule is [2H]C([2H])(Cl)CN[P@@]1(=O)OC([2H])([2H])CCN1[C@H](C)c1ccccc1. The molecule has 4 nitrogen and oxygen atoms in total. The Balaban J connectivity index is 2.26. The maximum absolute atomic E-state index is 13.2. The summed E-state index contributed by atoms with van der Waals surface area (Å²) in [4.78, 5) is 0. The fourth-order valence-electron chi connectivity index (χ4n) is 2.06. The van der Waals surface area contributed by atoms with Gasteiger partial charge in [-0.1, -0.05) is 30.3 Å². The Hall–Kier alpha value is -0.380. The van der Waals surface area contributed by atoms with E-state index in [-0.39, 0.29) is 19.0 Å². The summed E-state index contributed by atoms with van der Waals surface area (Å²) >= 11 is 5.51. The Bertz CT molecular complexity index is 585. The van der Waals surface area contributed by atoms with E-state index in [2.05, 4.69) is 5.09 Å². The highest BCUT2D eigenvalue weighted by atomic mass is 35.5. The van der Waals surface area contributed by atoms with Crippen molar-refractivity contribution in [2.24, 2.45) is 0 Å². The smallest absolute Gasteiger partial charge is 0.306 e. The molecule has 0 radical (unpaired) electrons. The van der Waals surface area contributed by atoms with Gasteiger partial charge in [-0.2, -0.15) is 0 Å². The second-order valence-corrected chi connectivity index (χ2v) is 6.54. The first-order valence-corrected chi connectivity index (χ1v) is 8.05. The normalized spacial score (nSPS) is 32.7. The first kappa shape index (κ1) is 10.4. The summed E-state index contributed by atoms with van der Waals surface area (Å²) in [6.07, 6.45) is 0.0730. The van der Waals surface area contributed by atoms with E-state index < -0.39 is 26.6 Å². The van der Waals surface area contributed by atoms with E-state index in [9.17, 15) is 4.57 Å². The zero-order valence-electron chi connectivity index (χ0n) is 14.7. The quantitative estimate of drug-likeness (QED) is 0.668. The van der Waals surface area contributed by atoms with Crippen LogP contribution < -0.4 is 5.09 Å². The summed E-state index contributed by atoms with van der Waals surface area (Å²) in [5.74, 6) is -2.10. The summed E-state index contributed by atoms with van der Waals surface area (Å²) in [6, 6.07) is 9.10. The van der Waals surface area contributed by atoms with Crippen LogP contribution in [0.25, 0.3) is 0 Å². The molecule has 0 aromatic heterocycles. The fraction of sp³-hybridized carbons (Fsp3) is 0.538. The van der Waals surface area contributed by atoms with Crippen molar-refractivity contribution in [3.8, 4) is 0 Å². The Morgan fingerprint density at radius 2 is 2.37 bits per heavy atom. The summed E-state index contributed by atoms with van der Waals surface area (Å²) in [6.45, 7) is -0.379. The molecule has 106 valence electrons. The average Bonchev–Trinajstić information content (AvgIpc) is 2.44. The minimum absolute atomic E-state index is 0.0730. The largest absolute Gasteiger partial charge is 0.343 e. The molecular formula is C13H20ClN2O2P. The van der Waals surface area contributed by atoms with Crippen LogP contribution >= 0.6 is 19.3 Å². The fourth-order valence-corrected chi connectivity index (χ4v) is 4.06. The topological polar surface area (TPSA) is 41.6 Å². The summed E-state index contributed by atoms with van der Waals surface area (Å²) < 4.78 is 50.1.